The molecule has 82 valence electrons. The molecule has 16 heavy (non-hydrogen) atoms. The minimum absolute atomic E-state index is 0.0434. The van der Waals surface area contributed by atoms with Crippen molar-refractivity contribution >= 4 is 5.69 Å². The van der Waals surface area contributed by atoms with E-state index < -0.39 is 4.92 Å². The van der Waals surface area contributed by atoms with Gasteiger partial charge in [-0.15, -0.1) is 0 Å². The van der Waals surface area contributed by atoms with Crippen molar-refractivity contribution in [1.82, 2.24) is 0 Å². The molecule has 5 nitrogen and oxygen atoms in total. The Morgan fingerprint density at radius 3 is 2.75 bits per heavy atom. The van der Waals surface area contributed by atoms with Gasteiger partial charge in [0.1, 0.15) is 17.4 Å². The van der Waals surface area contributed by atoms with E-state index in [9.17, 15) is 10.1 Å². The van der Waals surface area contributed by atoms with Gasteiger partial charge in [-0.1, -0.05) is 0 Å². The third-order valence-corrected chi connectivity index (χ3v) is 2.64. The lowest BCUT2D eigenvalue weighted by atomic mass is 9.96. The summed E-state index contributed by atoms with van der Waals surface area (Å²) in [6.45, 7) is 0. The molecule has 1 aliphatic rings. The van der Waals surface area contributed by atoms with Crippen LogP contribution in [0.2, 0.25) is 0 Å². The van der Waals surface area contributed by atoms with Crippen molar-refractivity contribution in [3.05, 3.63) is 33.9 Å². The summed E-state index contributed by atoms with van der Waals surface area (Å²) in [5.41, 5.74) is -0.134. The Hall–Kier alpha value is -2.09. The van der Waals surface area contributed by atoms with Crippen LogP contribution in [0, 0.1) is 21.4 Å². The second-order valence-corrected chi connectivity index (χ2v) is 3.72. The van der Waals surface area contributed by atoms with Gasteiger partial charge in [-0.25, -0.2) is 0 Å². The van der Waals surface area contributed by atoms with E-state index in [4.69, 9.17) is 10.00 Å². The predicted molar refractivity (Wildman–Crippen MR) is 56.1 cm³/mol. The van der Waals surface area contributed by atoms with Crippen LogP contribution in [0.1, 0.15) is 24.8 Å². The molecule has 0 unspecified atom stereocenters. The highest BCUT2D eigenvalue weighted by atomic mass is 16.6. The second kappa shape index (κ2) is 4.19. The summed E-state index contributed by atoms with van der Waals surface area (Å²) in [5, 5.41) is 19.4. The molecule has 5 heteroatoms. The van der Waals surface area contributed by atoms with Crippen LogP contribution >= 0.6 is 0 Å². The molecule has 0 aromatic heterocycles. The highest BCUT2D eigenvalue weighted by Crippen LogP contribution is 2.28. The molecule has 0 saturated heterocycles. The van der Waals surface area contributed by atoms with Crippen LogP contribution in [0.3, 0.4) is 0 Å². The molecule has 0 heterocycles. The molecule has 0 bridgehead atoms. The quantitative estimate of drug-likeness (QED) is 0.576. The van der Waals surface area contributed by atoms with E-state index in [-0.39, 0.29) is 17.4 Å². The van der Waals surface area contributed by atoms with Gasteiger partial charge in [0.15, 0.2) is 0 Å². The van der Waals surface area contributed by atoms with Gasteiger partial charge in [0.05, 0.1) is 11.0 Å². The molecule has 1 fully saturated rings. The molecule has 1 aromatic rings. The van der Waals surface area contributed by atoms with Crippen molar-refractivity contribution in [2.45, 2.75) is 25.4 Å². The summed E-state index contributed by atoms with van der Waals surface area (Å²) < 4.78 is 5.55. The van der Waals surface area contributed by atoms with Crippen LogP contribution in [0.25, 0.3) is 0 Å². The molecule has 1 aliphatic carbocycles. The molecular weight excluding hydrogens is 208 g/mol. The Morgan fingerprint density at radius 2 is 2.25 bits per heavy atom. The standard InChI is InChI=1S/C11H10N2O3/c12-7-8-6-10(16-9-2-1-3-9)4-5-11(8)13(14)15/h4-6,9H,1-3H2. The Balaban J connectivity index is 2.22. The Bertz CT molecular complexity index is 461. The fourth-order valence-corrected chi connectivity index (χ4v) is 1.52. The average molecular weight is 218 g/mol. The minimum Gasteiger partial charge on any atom is -0.490 e. The monoisotopic (exact) mass is 218 g/mol. The smallest absolute Gasteiger partial charge is 0.287 e. The number of nitro benzene ring substituents is 1. The molecule has 0 atom stereocenters. The number of nitro groups is 1. The highest BCUT2D eigenvalue weighted by Gasteiger charge is 2.20. The van der Waals surface area contributed by atoms with E-state index in [0.717, 1.165) is 19.3 Å². The van der Waals surface area contributed by atoms with Crippen LogP contribution in [0.15, 0.2) is 18.2 Å². The first kappa shape index (κ1) is 10.4. The lowest BCUT2D eigenvalue weighted by molar-refractivity contribution is -0.385. The van der Waals surface area contributed by atoms with Crippen LogP contribution in [-0.4, -0.2) is 11.0 Å². The van der Waals surface area contributed by atoms with Crippen LogP contribution in [-0.2, 0) is 0 Å². The number of nitriles is 1. The lowest BCUT2D eigenvalue weighted by Gasteiger charge is -2.26. The highest BCUT2D eigenvalue weighted by molar-refractivity contribution is 5.52. The zero-order valence-electron chi connectivity index (χ0n) is 8.55. The first-order valence-corrected chi connectivity index (χ1v) is 5.06. The van der Waals surface area contributed by atoms with Crippen LogP contribution in [0.4, 0.5) is 5.69 Å². The van der Waals surface area contributed by atoms with Gasteiger partial charge in [0.25, 0.3) is 5.69 Å². The molecule has 1 saturated carbocycles. The van der Waals surface area contributed by atoms with Gasteiger partial charge in [-0.3, -0.25) is 10.1 Å². The van der Waals surface area contributed by atoms with Crippen molar-refractivity contribution in [1.29, 1.82) is 5.26 Å². The average Bonchev–Trinajstić information content (AvgIpc) is 2.23. The summed E-state index contributed by atoms with van der Waals surface area (Å²) in [6, 6.07) is 6.08. The number of hydrogen-bond donors (Lipinski definition) is 0. The molecule has 0 aliphatic heterocycles. The zero-order chi connectivity index (χ0) is 11.5. The summed E-state index contributed by atoms with van der Waals surface area (Å²) >= 11 is 0. The number of nitrogens with zero attached hydrogens (tertiary/aromatic N) is 2. The van der Waals surface area contributed by atoms with Gasteiger partial charge in [-0.05, 0) is 25.3 Å². The maximum Gasteiger partial charge on any atom is 0.287 e. The first-order chi connectivity index (χ1) is 7.70. The maximum atomic E-state index is 10.6. The molecule has 0 amide bonds. The van der Waals surface area contributed by atoms with E-state index in [0.29, 0.717) is 5.75 Å². The van der Waals surface area contributed by atoms with Gasteiger partial charge in [-0.2, -0.15) is 5.26 Å². The molecule has 1 aromatic carbocycles. The number of benzene rings is 1. The molecule has 2 rings (SSSR count). The number of hydrogen-bond acceptors (Lipinski definition) is 4. The fraction of sp³-hybridized carbons (Fsp3) is 0.364. The lowest BCUT2D eigenvalue weighted by Crippen LogP contribution is -2.24. The number of ether oxygens (including phenoxy) is 1. The third kappa shape index (κ3) is 1.96. The summed E-state index contributed by atoms with van der Waals surface area (Å²) in [7, 11) is 0. The van der Waals surface area contributed by atoms with E-state index in [1.54, 1.807) is 6.07 Å². The zero-order valence-corrected chi connectivity index (χ0v) is 8.55. The van der Waals surface area contributed by atoms with E-state index in [1.165, 1.54) is 18.2 Å². The van der Waals surface area contributed by atoms with Crippen molar-refractivity contribution in [2.24, 2.45) is 0 Å². The van der Waals surface area contributed by atoms with Crippen molar-refractivity contribution in [3.8, 4) is 11.8 Å². The fourth-order valence-electron chi connectivity index (χ4n) is 1.52. The van der Waals surface area contributed by atoms with Gasteiger partial charge in [0.2, 0.25) is 0 Å². The van der Waals surface area contributed by atoms with Crippen molar-refractivity contribution in [2.75, 3.05) is 0 Å². The van der Waals surface area contributed by atoms with Crippen molar-refractivity contribution in [3.63, 3.8) is 0 Å². The maximum absolute atomic E-state index is 10.6. The van der Waals surface area contributed by atoms with Crippen LogP contribution < -0.4 is 4.74 Å². The van der Waals surface area contributed by atoms with Crippen LogP contribution in [0.5, 0.6) is 5.75 Å². The largest absolute Gasteiger partial charge is 0.490 e. The number of rotatable bonds is 3. The predicted octanol–water partition coefficient (Wildman–Crippen LogP) is 2.40. The Labute approximate surface area is 92.4 Å². The van der Waals surface area contributed by atoms with E-state index in [2.05, 4.69) is 0 Å². The van der Waals surface area contributed by atoms with Gasteiger partial charge >= 0.3 is 0 Å². The van der Waals surface area contributed by atoms with Gasteiger partial charge in [0, 0.05) is 12.1 Å². The molecule has 0 spiro atoms. The SMILES string of the molecule is N#Cc1cc(OC2CCC2)ccc1[N+](=O)[O-]. The second-order valence-electron chi connectivity index (χ2n) is 3.72. The minimum atomic E-state index is -0.564. The summed E-state index contributed by atoms with van der Waals surface area (Å²) in [4.78, 5) is 10.0. The third-order valence-electron chi connectivity index (χ3n) is 2.64. The normalized spacial score (nSPS) is 14.9. The summed E-state index contributed by atoms with van der Waals surface area (Å²) in [6.07, 6.45) is 3.38. The molecular formula is C11H10N2O3. The summed E-state index contributed by atoms with van der Waals surface area (Å²) in [5.74, 6) is 0.534. The van der Waals surface area contributed by atoms with E-state index >= 15 is 0 Å². The van der Waals surface area contributed by atoms with E-state index in [1.807, 2.05) is 0 Å². The molecule has 0 N–H and O–H groups in total. The van der Waals surface area contributed by atoms with Gasteiger partial charge < -0.3 is 4.74 Å². The Kier molecular flexibility index (Phi) is 2.73. The van der Waals surface area contributed by atoms with Crippen molar-refractivity contribution < 1.29 is 9.66 Å². The topological polar surface area (TPSA) is 76.2 Å². The Morgan fingerprint density at radius 1 is 1.50 bits per heavy atom. The molecule has 0 radical (unpaired) electrons. The first-order valence-electron chi connectivity index (χ1n) is 5.06.